The number of hydrogen-bond donors (Lipinski definition) is 0. The molecule has 2 bridgehead atoms. The van der Waals surface area contributed by atoms with Crippen LogP contribution in [0.3, 0.4) is 0 Å². The maximum atomic E-state index is 9.15. The van der Waals surface area contributed by atoms with Crippen molar-refractivity contribution in [3.05, 3.63) is 0 Å². The fourth-order valence-electron chi connectivity index (χ4n) is 3.45. The average molecular weight is 163 g/mol. The highest BCUT2D eigenvalue weighted by atomic mass is 14.6. The highest BCUT2D eigenvalue weighted by Crippen LogP contribution is 2.61. The molecule has 1 nitrogen and oxygen atoms in total. The van der Waals surface area contributed by atoms with Crippen molar-refractivity contribution in [1.29, 1.82) is 5.26 Å². The molecule has 2 atom stereocenters. The summed E-state index contributed by atoms with van der Waals surface area (Å²) in [5.74, 6) is 0.332. The molecule has 0 aromatic rings. The third-order valence-electron chi connectivity index (χ3n) is 4.29. The molecule has 2 aliphatic carbocycles. The first-order chi connectivity index (χ1) is 5.61. The second-order valence-corrected chi connectivity index (χ2v) is 5.22. The van der Waals surface area contributed by atoms with E-state index < -0.39 is 0 Å². The first kappa shape index (κ1) is 8.10. The Hall–Kier alpha value is -0.510. The number of rotatable bonds is 0. The fraction of sp³-hybridized carbons (Fsp3) is 0.909. The maximum absolute atomic E-state index is 9.15. The number of nitriles is 1. The van der Waals surface area contributed by atoms with Gasteiger partial charge in [0.1, 0.15) is 0 Å². The van der Waals surface area contributed by atoms with Gasteiger partial charge in [-0.1, -0.05) is 20.3 Å². The molecule has 2 aliphatic rings. The van der Waals surface area contributed by atoms with Crippen molar-refractivity contribution < 1.29 is 0 Å². The molecular formula is C11H17N. The van der Waals surface area contributed by atoms with E-state index in [1.54, 1.807) is 0 Å². The molecule has 0 heterocycles. The summed E-state index contributed by atoms with van der Waals surface area (Å²) in [5, 5.41) is 9.15. The van der Waals surface area contributed by atoms with E-state index in [4.69, 9.17) is 5.26 Å². The van der Waals surface area contributed by atoms with Gasteiger partial charge in [-0.05, 0) is 36.5 Å². The lowest BCUT2D eigenvalue weighted by atomic mass is 9.63. The minimum atomic E-state index is 0.332. The van der Waals surface area contributed by atoms with E-state index in [0.717, 1.165) is 0 Å². The fourth-order valence-corrected chi connectivity index (χ4v) is 3.45. The maximum Gasteiger partial charge on any atom is 0.0667 e. The number of hydrogen-bond acceptors (Lipinski definition) is 1. The van der Waals surface area contributed by atoms with Crippen molar-refractivity contribution in [2.24, 2.45) is 16.7 Å². The Balaban J connectivity index is 2.36. The van der Waals surface area contributed by atoms with E-state index in [9.17, 15) is 0 Å². The van der Waals surface area contributed by atoms with Gasteiger partial charge in [0.15, 0.2) is 0 Å². The first-order valence-electron chi connectivity index (χ1n) is 5.00. The van der Waals surface area contributed by atoms with Gasteiger partial charge in [0.2, 0.25) is 0 Å². The van der Waals surface area contributed by atoms with Gasteiger partial charge in [-0.15, -0.1) is 0 Å². The van der Waals surface area contributed by atoms with Crippen LogP contribution in [0.5, 0.6) is 0 Å². The van der Waals surface area contributed by atoms with Crippen molar-refractivity contribution in [2.45, 2.75) is 46.0 Å². The Morgan fingerprint density at radius 2 is 1.58 bits per heavy atom. The van der Waals surface area contributed by atoms with Crippen LogP contribution in [0.15, 0.2) is 0 Å². The van der Waals surface area contributed by atoms with Crippen LogP contribution in [-0.2, 0) is 0 Å². The summed E-state index contributed by atoms with van der Waals surface area (Å²) in [5.41, 5.74) is 0.726. The molecule has 0 amide bonds. The zero-order chi connectivity index (χ0) is 8.82. The lowest BCUT2D eigenvalue weighted by Crippen LogP contribution is -2.34. The minimum Gasteiger partial charge on any atom is -0.198 e. The Kier molecular flexibility index (Phi) is 1.52. The topological polar surface area (TPSA) is 23.8 Å². The molecule has 66 valence electrons. The average Bonchev–Trinajstić information content (AvgIpc) is 2.14. The summed E-state index contributed by atoms with van der Waals surface area (Å²) < 4.78 is 0. The van der Waals surface area contributed by atoms with E-state index >= 15 is 0 Å². The molecule has 2 rings (SSSR count). The van der Waals surface area contributed by atoms with Crippen LogP contribution in [0.4, 0.5) is 0 Å². The van der Waals surface area contributed by atoms with Crippen molar-refractivity contribution in [2.75, 3.05) is 0 Å². The van der Waals surface area contributed by atoms with Crippen LogP contribution in [0.1, 0.15) is 46.0 Å². The molecular weight excluding hydrogens is 146 g/mol. The third-order valence-corrected chi connectivity index (χ3v) is 4.29. The van der Waals surface area contributed by atoms with Gasteiger partial charge in [-0.25, -0.2) is 0 Å². The molecule has 2 unspecified atom stereocenters. The SMILES string of the molecule is CC12CCCC(C)(CC1)C2C#N. The Bertz CT molecular complexity index is 222. The van der Waals surface area contributed by atoms with E-state index in [1.807, 2.05) is 0 Å². The van der Waals surface area contributed by atoms with Crippen molar-refractivity contribution >= 4 is 0 Å². The van der Waals surface area contributed by atoms with Crippen molar-refractivity contribution in [3.8, 4) is 6.07 Å². The molecule has 2 saturated carbocycles. The van der Waals surface area contributed by atoms with E-state index in [-0.39, 0.29) is 0 Å². The highest BCUT2D eigenvalue weighted by Gasteiger charge is 2.54. The summed E-state index contributed by atoms with van der Waals surface area (Å²) >= 11 is 0. The lowest BCUT2D eigenvalue weighted by Gasteiger charge is -2.40. The Labute approximate surface area is 74.8 Å². The zero-order valence-electron chi connectivity index (χ0n) is 8.06. The van der Waals surface area contributed by atoms with Gasteiger partial charge in [0.05, 0.1) is 12.0 Å². The molecule has 0 radical (unpaired) electrons. The third kappa shape index (κ3) is 0.843. The first-order valence-corrected chi connectivity index (χ1v) is 5.00. The molecule has 0 saturated heterocycles. The number of nitrogens with zero attached hydrogens (tertiary/aromatic N) is 1. The molecule has 0 aromatic carbocycles. The van der Waals surface area contributed by atoms with E-state index in [2.05, 4.69) is 19.9 Å². The molecule has 0 aliphatic heterocycles. The second kappa shape index (κ2) is 2.25. The van der Waals surface area contributed by atoms with Gasteiger partial charge < -0.3 is 0 Å². The van der Waals surface area contributed by atoms with Gasteiger partial charge >= 0.3 is 0 Å². The van der Waals surface area contributed by atoms with Crippen LogP contribution < -0.4 is 0 Å². The normalized spacial score (nSPS) is 51.9. The largest absolute Gasteiger partial charge is 0.198 e. The van der Waals surface area contributed by atoms with Crippen LogP contribution >= 0.6 is 0 Å². The second-order valence-electron chi connectivity index (χ2n) is 5.22. The molecule has 0 aromatic heterocycles. The molecule has 0 N–H and O–H groups in total. The van der Waals surface area contributed by atoms with E-state index in [0.29, 0.717) is 16.7 Å². The highest BCUT2D eigenvalue weighted by molar-refractivity contribution is 5.11. The van der Waals surface area contributed by atoms with Crippen LogP contribution in [0.25, 0.3) is 0 Å². The summed E-state index contributed by atoms with van der Waals surface area (Å²) in [4.78, 5) is 0. The molecule has 0 spiro atoms. The summed E-state index contributed by atoms with van der Waals surface area (Å²) in [7, 11) is 0. The van der Waals surface area contributed by atoms with E-state index in [1.165, 1.54) is 32.1 Å². The van der Waals surface area contributed by atoms with Crippen molar-refractivity contribution in [1.82, 2.24) is 0 Å². The predicted molar refractivity (Wildman–Crippen MR) is 48.4 cm³/mol. The minimum absolute atomic E-state index is 0.332. The van der Waals surface area contributed by atoms with Gasteiger partial charge in [0.25, 0.3) is 0 Å². The predicted octanol–water partition coefficient (Wildman–Crippen LogP) is 3.12. The zero-order valence-corrected chi connectivity index (χ0v) is 8.06. The monoisotopic (exact) mass is 163 g/mol. The summed E-state index contributed by atoms with van der Waals surface area (Å²) in [6.45, 7) is 4.62. The molecule has 12 heavy (non-hydrogen) atoms. The smallest absolute Gasteiger partial charge is 0.0667 e. The Morgan fingerprint density at radius 1 is 1.08 bits per heavy atom. The van der Waals surface area contributed by atoms with Crippen LogP contribution in [0.2, 0.25) is 0 Å². The van der Waals surface area contributed by atoms with Crippen LogP contribution in [0, 0.1) is 28.1 Å². The number of fused-ring (bicyclic) bond motifs is 2. The lowest BCUT2D eigenvalue weighted by molar-refractivity contribution is 0.107. The van der Waals surface area contributed by atoms with Gasteiger partial charge in [0, 0.05) is 0 Å². The Morgan fingerprint density at radius 3 is 1.92 bits per heavy atom. The van der Waals surface area contributed by atoms with Gasteiger partial charge in [-0.3, -0.25) is 0 Å². The summed E-state index contributed by atoms with van der Waals surface area (Å²) in [6.07, 6.45) is 6.45. The standard InChI is InChI=1S/C11H17N/c1-10-4-3-5-11(2,7-6-10)9(10)8-12/h9H,3-7H2,1-2H3. The summed E-state index contributed by atoms with van der Waals surface area (Å²) in [6, 6.07) is 2.55. The van der Waals surface area contributed by atoms with Crippen LogP contribution in [-0.4, -0.2) is 0 Å². The van der Waals surface area contributed by atoms with Crippen molar-refractivity contribution in [3.63, 3.8) is 0 Å². The molecule has 1 heteroatoms. The quantitative estimate of drug-likeness (QED) is 0.538. The van der Waals surface area contributed by atoms with Gasteiger partial charge in [-0.2, -0.15) is 5.26 Å². The molecule has 2 fully saturated rings.